The van der Waals surface area contributed by atoms with Gasteiger partial charge in [-0.1, -0.05) is 23.2 Å². The maximum absolute atomic E-state index is 12.2. The van der Waals surface area contributed by atoms with Crippen LogP contribution in [0.1, 0.15) is 16.8 Å². The van der Waals surface area contributed by atoms with E-state index in [0.29, 0.717) is 25.1 Å². The molecule has 5 nitrogen and oxygen atoms in total. The van der Waals surface area contributed by atoms with Crippen molar-refractivity contribution in [1.29, 1.82) is 0 Å². The molecule has 1 aromatic heterocycles. The monoisotopic (exact) mass is 287 g/mol. The molecule has 0 radical (unpaired) electrons. The second-order valence-corrected chi connectivity index (χ2v) is 4.92. The number of rotatable bonds is 2. The number of hydrogen-bond donors (Lipinski definition) is 1. The Hall–Kier alpha value is -1.33. The average molecular weight is 288 g/mol. The predicted molar refractivity (Wildman–Crippen MR) is 67.5 cm³/mol. The molecule has 0 saturated carbocycles. The Morgan fingerprint density at radius 3 is 2.78 bits per heavy atom. The van der Waals surface area contributed by atoms with Crippen molar-refractivity contribution in [3.8, 4) is 0 Å². The molecule has 18 heavy (non-hydrogen) atoms. The van der Waals surface area contributed by atoms with Gasteiger partial charge in [0.15, 0.2) is 0 Å². The second kappa shape index (κ2) is 5.12. The smallest absolute Gasteiger partial charge is 0.255 e. The molecular weight excluding hydrogens is 277 g/mol. The normalized spacial score (nSPS) is 19.0. The van der Waals surface area contributed by atoms with Gasteiger partial charge >= 0.3 is 0 Å². The molecule has 0 spiro atoms. The molecule has 1 unspecified atom stereocenters. The Bertz CT molecular complexity index is 507. The van der Waals surface area contributed by atoms with Crippen molar-refractivity contribution in [1.82, 2.24) is 9.88 Å². The fraction of sp³-hybridized carbons (Fsp3) is 0.364. The van der Waals surface area contributed by atoms with Crippen molar-refractivity contribution in [3.05, 3.63) is 28.0 Å². The quantitative estimate of drug-likeness (QED) is 0.834. The van der Waals surface area contributed by atoms with Crippen molar-refractivity contribution in [2.45, 2.75) is 6.42 Å². The third-order valence-corrected chi connectivity index (χ3v) is 3.44. The lowest BCUT2D eigenvalue weighted by atomic mass is 10.1. The number of nitrogens with zero attached hydrogens (tertiary/aromatic N) is 2. The van der Waals surface area contributed by atoms with Crippen LogP contribution >= 0.6 is 23.2 Å². The lowest BCUT2D eigenvalue weighted by Crippen LogP contribution is -2.31. The van der Waals surface area contributed by atoms with E-state index >= 15 is 0 Å². The molecule has 1 aliphatic rings. The number of primary amides is 1. The van der Waals surface area contributed by atoms with Gasteiger partial charge in [-0.3, -0.25) is 9.59 Å². The number of amides is 2. The SMILES string of the molecule is NC(=O)C1CCN(C(=O)c2cc(Cl)ncc2Cl)C1. The summed E-state index contributed by atoms with van der Waals surface area (Å²) >= 11 is 11.6. The molecule has 1 atom stereocenters. The lowest BCUT2D eigenvalue weighted by molar-refractivity contribution is -0.121. The van der Waals surface area contributed by atoms with Crippen LogP contribution in [-0.4, -0.2) is 34.8 Å². The fourth-order valence-electron chi connectivity index (χ4n) is 1.92. The third kappa shape index (κ3) is 2.57. The van der Waals surface area contributed by atoms with E-state index in [9.17, 15) is 9.59 Å². The van der Waals surface area contributed by atoms with Gasteiger partial charge in [0.05, 0.1) is 16.5 Å². The maximum atomic E-state index is 12.2. The van der Waals surface area contributed by atoms with Crippen molar-refractivity contribution in [3.63, 3.8) is 0 Å². The zero-order valence-electron chi connectivity index (χ0n) is 9.40. The van der Waals surface area contributed by atoms with Crippen LogP contribution in [0.3, 0.4) is 0 Å². The van der Waals surface area contributed by atoms with Gasteiger partial charge < -0.3 is 10.6 Å². The fourth-order valence-corrected chi connectivity index (χ4v) is 2.27. The van der Waals surface area contributed by atoms with Gasteiger partial charge in [0.2, 0.25) is 5.91 Å². The highest BCUT2D eigenvalue weighted by Gasteiger charge is 2.31. The topological polar surface area (TPSA) is 76.3 Å². The summed E-state index contributed by atoms with van der Waals surface area (Å²) < 4.78 is 0. The number of carbonyl (C=O) groups excluding carboxylic acids is 2. The summed E-state index contributed by atoms with van der Waals surface area (Å²) in [4.78, 5) is 28.6. The number of pyridine rings is 1. The van der Waals surface area contributed by atoms with Crippen LogP contribution in [0.25, 0.3) is 0 Å². The third-order valence-electron chi connectivity index (χ3n) is 2.93. The first kappa shape index (κ1) is 13.1. The van der Waals surface area contributed by atoms with Gasteiger partial charge in [-0.05, 0) is 12.5 Å². The highest BCUT2D eigenvalue weighted by atomic mass is 35.5. The largest absolute Gasteiger partial charge is 0.369 e. The number of halogens is 2. The second-order valence-electron chi connectivity index (χ2n) is 4.13. The molecule has 0 aliphatic carbocycles. The van der Waals surface area contributed by atoms with Crippen LogP contribution in [-0.2, 0) is 4.79 Å². The predicted octanol–water partition coefficient (Wildman–Crippen LogP) is 1.34. The molecule has 2 heterocycles. The Labute approximate surface area is 114 Å². The summed E-state index contributed by atoms with van der Waals surface area (Å²) in [5.41, 5.74) is 5.51. The van der Waals surface area contributed by atoms with E-state index in [-0.39, 0.29) is 27.9 Å². The number of likely N-dealkylation sites (tertiary alicyclic amines) is 1. The van der Waals surface area contributed by atoms with E-state index in [1.54, 1.807) is 4.90 Å². The standard InChI is InChI=1S/C11H11Cl2N3O2/c12-8-4-15-9(13)3-7(8)11(18)16-2-1-6(5-16)10(14)17/h3-4,6H,1-2,5H2,(H2,14,17). The van der Waals surface area contributed by atoms with Crippen LogP contribution < -0.4 is 5.73 Å². The molecule has 0 bridgehead atoms. The lowest BCUT2D eigenvalue weighted by Gasteiger charge is -2.16. The highest BCUT2D eigenvalue weighted by molar-refractivity contribution is 6.35. The number of carbonyl (C=O) groups is 2. The molecule has 2 N–H and O–H groups in total. The zero-order chi connectivity index (χ0) is 13.3. The first-order valence-electron chi connectivity index (χ1n) is 5.38. The molecule has 1 aliphatic heterocycles. The van der Waals surface area contributed by atoms with E-state index in [2.05, 4.69) is 4.98 Å². The molecule has 1 aromatic rings. The summed E-state index contributed by atoms with van der Waals surface area (Å²) in [7, 11) is 0. The molecule has 1 saturated heterocycles. The van der Waals surface area contributed by atoms with Crippen molar-refractivity contribution >= 4 is 35.0 Å². The minimum atomic E-state index is -0.385. The van der Waals surface area contributed by atoms with Crippen LogP contribution in [0, 0.1) is 5.92 Å². The Morgan fingerprint density at radius 2 is 2.17 bits per heavy atom. The summed E-state index contributed by atoms with van der Waals surface area (Å²) in [6.45, 7) is 0.813. The van der Waals surface area contributed by atoms with Gasteiger partial charge in [0.25, 0.3) is 5.91 Å². The summed E-state index contributed by atoms with van der Waals surface area (Å²) in [5, 5.41) is 0.445. The summed E-state index contributed by atoms with van der Waals surface area (Å²) in [5.74, 6) is -0.928. The molecule has 2 amide bonds. The van der Waals surface area contributed by atoms with Gasteiger partial charge in [0, 0.05) is 19.3 Å². The molecular formula is C11H11Cl2N3O2. The van der Waals surface area contributed by atoms with E-state index < -0.39 is 0 Å². The Morgan fingerprint density at radius 1 is 1.44 bits per heavy atom. The van der Waals surface area contributed by atoms with Gasteiger partial charge in [0.1, 0.15) is 5.15 Å². The van der Waals surface area contributed by atoms with Crippen LogP contribution in [0.4, 0.5) is 0 Å². The van der Waals surface area contributed by atoms with Crippen LogP contribution in [0.2, 0.25) is 10.2 Å². The minimum absolute atomic E-state index is 0.202. The summed E-state index contributed by atoms with van der Waals surface area (Å²) in [6, 6.07) is 1.42. The zero-order valence-corrected chi connectivity index (χ0v) is 10.9. The van der Waals surface area contributed by atoms with Crippen LogP contribution in [0.5, 0.6) is 0 Å². The first-order chi connectivity index (χ1) is 8.49. The number of nitrogens with two attached hydrogens (primary N) is 1. The molecule has 2 rings (SSSR count). The van der Waals surface area contributed by atoms with E-state index in [1.165, 1.54) is 12.3 Å². The molecule has 0 aromatic carbocycles. The van der Waals surface area contributed by atoms with Crippen molar-refractivity contribution in [2.24, 2.45) is 11.7 Å². The minimum Gasteiger partial charge on any atom is -0.369 e. The Balaban J connectivity index is 2.17. The highest BCUT2D eigenvalue weighted by Crippen LogP contribution is 2.23. The van der Waals surface area contributed by atoms with E-state index in [0.717, 1.165) is 0 Å². The molecule has 1 fully saturated rings. The number of hydrogen-bond acceptors (Lipinski definition) is 3. The van der Waals surface area contributed by atoms with E-state index in [1.807, 2.05) is 0 Å². The Kier molecular flexibility index (Phi) is 3.73. The summed E-state index contributed by atoms with van der Waals surface area (Å²) in [6.07, 6.45) is 1.91. The van der Waals surface area contributed by atoms with Crippen LogP contribution in [0.15, 0.2) is 12.3 Å². The van der Waals surface area contributed by atoms with Gasteiger partial charge in [-0.25, -0.2) is 4.98 Å². The maximum Gasteiger partial charge on any atom is 0.255 e. The average Bonchev–Trinajstić information content (AvgIpc) is 2.81. The number of aromatic nitrogens is 1. The molecule has 96 valence electrons. The first-order valence-corrected chi connectivity index (χ1v) is 6.14. The van der Waals surface area contributed by atoms with Crippen molar-refractivity contribution < 1.29 is 9.59 Å². The van der Waals surface area contributed by atoms with Crippen molar-refractivity contribution in [2.75, 3.05) is 13.1 Å². The van der Waals surface area contributed by atoms with Gasteiger partial charge in [-0.15, -0.1) is 0 Å². The van der Waals surface area contributed by atoms with E-state index in [4.69, 9.17) is 28.9 Å². The van der Waals surface area contributed by atoms with Gasteiger partial charge in [-0.2, -0.15) is 0 Å². The molecule has 7 heteroatoms.